The van der Waals surface area contributed by atoms with Crippen LogP contribution in [0.4, 0.5) is 5.69 Å². The summed E-state index contributed by atoms with van der Waals surface area (Å²) in [5.41, 5.74) is 2.32. The van der Waals surface area contributed by atoms with Crippen molar-refractivity contribution < 1.29 is 0 Å². The molecule has 0 N–H and O–H groups in total. The van der Waals surface area contributed by atoms with Gasteiger partial charge in [0.2, 0.25) is 0 Å². The number of aromatic nitrogens is 3. The van der Waals surface area contributed by atoms with Crippen LogP contribution < -0.4 is 0 Å². The molecule has 118 valence electrons. The van der Waals surface area contributed by atoms with Crippen molar-refractivity contribution in [1.82, 2.24) is 19.9 Å². The van der Waals surface area contributed by atoms with Crippen molar-refractivity contribution in [3.05, 3.63) is 52.5 Å². The smallest absolute Gasteiger partial charge is 0.146 e. The molecule has 5 nitrogen and oxygen atoms in total. The molecule has 7 heteroatoms. The first kappa shape index (κ1) is 15.9. The molecule has 0 fully saturated rings. The molecular formula is C16H15Cl2N5. The van der Waals surface area contributed by atoms with Crippen LogP contribution >= 0.6 is 23.2 Å². The highest BCUT2D eigenvalue weighted by Crippen LogP contribution is 2.28. The standard InChI is InChI=1S/C16H15Cl2N5/c1-22(2)10-16(19-14-9-11(17)7-8-12(14)18)23-15-6-4-3-5-13(15)20-21-23/h3-9H,10H2,1-2H3. The number of hydrogen-bond acceptors (Lipinski definition) is 4. The van der Waals surface area contributed by atoms with Crippen molar-refractivity contribution in [2.24, 2.45) is 4.99 Å². The quantitative estimate of drug-likeness (QED) is 0.533. The van der Waals surface area contributed by atoms with Crippen molar-refractivity contribution in [3.8, 4) is 0 Å². The highest BCUT2D eigenvalue weighted by molar-refractivity contribution is 6.35. The van der Waals surface area contributed by atoms with Gasteiger partial charge in [0.1, 0.15) is 11.4 Å². The summed E-state index contributed by atoms with van der Waals surface area (Å²) in [5, 5.41) is 9.53. The number of aliphatic imine (C=N–C) groups is 1. The SMILES string of the molecule is CN(C)CC(=Nc1cc(Cl)ccc1Cl)n1nnc2ccccc21. The zero-order valence-corrected chi connectivity index (χ0v) is 14.3. The van der Waals surface area contributed by atoms with E-state index in [1.807, 2.05) is 43.3 Å². The van der Waals surface area contributed by atoms with Crippen molar-refractivity contribution in [1.29, 1.82) is 0 Å². The Labute approximate surface area is 144 Å². The zero-order valence-electron chi connectivity index (χ0n) is 12.7. The van der Waals surface area contributed by atoms with Crippen LogP contribution in [0.1, 0.15) is 0 Å². The van der Waals surface area contributed by atoms with Crippen LogP contribution in [0.15, 0.2) is 47.5 Å². The maximum Gasteiger partial charge on any atom is 0.146 e. The van der Waals surface area contributed by atoms with Gasteiger partial charge in [-0.15, -0.1) is 5.10 Å². The predicted octanol–water partition coefficient (Wildman–Crippen LogP) is 3.88. The minimum Gasteiger partial charge on any atom is -0.302 e. The third-order valence-corrected chi connectivity index (χ3v) is 3.77. The Hall–Kier alpha value is -1.95. The molecule has 0 atom stereocenters. The maximum atomic E-state index is 6.23. The second-order valence-corrected chi connectivity index (χ2v) is 6.20. The van der Waals surface area contributed by atoms with Crippen LogP contribution in [0.25, 0.3) is 11.0 Å². The second kappa shape index (κ2) is 6.66. The summed E-state index contributed by atoms with van der Waals surface area (Å²) in [4.78, 5) is 6.68. The number of nitrogens with zero attached hydrogens (tertiary/aromatic N) is 5. The monoisotopic (exact) mass is 347 g/mol. The van der Waals surface area contributed by atoms with Gasteiger partial charge < -0.3 is 4.90 Å². The molecule has 23 heavy (non-hydrogen) atoms. The maximum absolute atomic E-state index is 6.23. The first-order valence-corrected chi connectivity index (χ1v) is 7.78. The Morgan fingerprint density at radius 2 is 1.96 bits per heavy atom. The minimum absolute atomic E-state index is 0.537. The number of hydrogen-bond donors (Lipinski definition) is 0. The molecule has 0 radical (unpaired) electrons. The van der Waals surface area contributed by atoms with E-state index in [2.05, 4.69) is 15.3 Å². The molecule has 0 aliphatic rings. The summed E-state index contributed by atoms with van der Waals surface area (Å²) >= 11 is 12.3. The summed E-state index contributed by atoms with van der Waals surface area (Å²) < 4.78 is 1.73. The predicted molar refractivity (Wildman–Crippen MR) is 95.0 cm³/mol. The average Bonchev–Trinajstić information content (AvgIpc) is 2.94. The van der Waals surface area contributed by atoms with Crippen LogP contribution in [0.5, 0.6) is 0 Å². The second-order valence-electron chi connectivity index (χ2n) is 5.35. The number of fused-ring (bicyclic) bond motifs is 1. The molecule has 0 spiro atoms. The number of benzene rings is 2. The average molecular weight is 348 g/mol. The minimum atomic E-state index is 0.537. The Morgan fingerprint density at radius 1 is 1.17 bits per heavy atom. The Bertz CT molecular complexity index is 870. The molecule has 0 aliphatic heterocycles. The van der Waals surface area contributed by atoms with Crippen LogP contribution in [0.2, 0.25) is 10.0 Å². The highest BCUT2D eigenvalue weighted by atomic mass is 35.5. The third kappa shape index (κ3) is 3.52. The van der Waals surface area contributed by atoms with E-state index < -0.39 is 0 Å². The van der Waals surface area contributed by atoms with Gasteiger partial charge in [0.05, 0.1) is 22.8 Å². The van der Waals surface area contributed by atoms with E-state index in [1.165, 1.54) is 0 Å². The van der Waals surface area contributed by atoms with E-state index in [0.717, 1.165) is 11.0 Å². The summed E-state index contributed by atoms with van der Waals surface area (Å²) in [6.07, 6.45) is 0. The lowest BCUT2D eigenvalue weighted by molar-refractivity contribution is 0.463. The van der Waals surface area contributed by atoms with Gasteiger partial charge in [-0.05, 0) is 44.4 Å². The molecule has 0 unspecified atom stereocenters. The first-order valence-electron chi connectivity index (χ1n) is 7.03. The van der Waals surface area contributed by atoms with Crippen molar-refractivity contribution in [3.63, 3.8) is 0 Å². The van der Waals surface area contributed by atoms with Crippen LogP contribution in [0, 0.1) is 0 Å². The summed E-state index contributed by atoms with van der Waals surface area (Å²) in [6.45, 7) is 0.580. The molecule has 3 rings (SSSR count). The first-order chi connectivity index (χ1) is 11.0. The van der Waals surface area contributed by atoms with Gasteiger partial charge in [0.15, 0.2) is 0 Å². The molecule has 1 heterocycles. The largest absolute Gasteiger partial charge is 0.302 e. The molecule has 0 aliphatic carbocycles. The molecule has 0 saturated carbocycles. The van der Waals surface area contributed by atoms with Gasteiger partial charge in [-0.2, -0.15) is 4.68 Å². The van der Waals surface area contributed by atoms with Crippen LogP contribution in [-0.2, 0) is 0 Å². The van der Waals surface area contributed by atoms with Gasteiger partial charge in [-0.25, -0.2) is 4.99 Å². The Kier molecular flexibility index (Phi) is 4.61. The lowest BCUT2D eigenvalue weighted by atomic mass is 10.3. The van der Waals surface area contributed by atoms with E-state index in [1.54, 1.807) is 22.9 Å². The summed E-state index contributed by atoms with van der Waals surface area (Å²) in [7, 11) is 3.93. The fourth-order valence-corrected chi connectivity index (χ4v) is 2.53. The molecular weight excluding hydrogens is 333 g/mol. The van der Waals surface area contributed by atoms with E-state index in [0.29, 0.717) is 28.1 Å². The van der Waals surface area contributed by atoms with Gasteiger partial charge in [0, 0.05) is 5.02 Å². The van der Waals surface area contributed by atoms with Gasteiger partial charge in [-0.1, -0.05) is 40.5 Å². The number of rotatable bonds is 3. The third-order valence-electron chi connectivity index (χ3n) is 3.21. The van der Waals surface area contributed by atoms with Crippen molar-refractivity contribution in [2.45, 2.75) is 0 Å². The summed E-state index contributed by atoms with van der Waals surface area (Å²) in [6, 6.07) is 13.0. The van der Waals surface area contributed by atoms with Crippen LogP contribution in [-0.4, -0.2) is 46.4 Å². The Balaban J connectivity index is 2.14. The number of likely N-dealkylation sites (N-methyl/N-ethyl adjacent to an activating group) is 1. The Morgan fingerprint density at radius 3 is 2.74 bits per heavy atom. The lowest BCUT2D eigenvalue weighted by Gasteiger charge is -2.13. The molecule has 1 aromatic heterocycles. The number of halogens is 2. The van der Waals surface area contributed by atoms with Crippen molar-refractivity contribution >= 4 is 45.8 Å². The van der Waals surface area contributed by atoms with Gasteiger partial charge in [-0.3, -0.25) is 0 Å². The van der Waals surface area contributed by atoms with Gasteiger partial charge in [0.25, 0.3) is 0 Å². The molecule has 0 bridgehead atoms. The van der Waals surface area contributed by atoms with E-state index in [9.17, 15) is 0 Å². The van der Waals surface area contributed by atoms with E-state index in [-0.39, 0.29) is 0 Å². The highest BCUT2D eigenvalue weighted by Gasteiger charge is 2.12. The van der Waals surface area contributed by atoms with Gasteiger partial charge >= 0.3 is 0 Å². The molecule has 0 saturated heterocycles. The normalized spacial score (nSPS) is 12.3. The zero-order chi connectivity index (χ0) is 16.4. The van der Waals surface area contributed by atoms with E-state index >= 15 is 0 Å². The summed E-state index contributed by atoms with van der Waals surface area (Å²) in [5.74, 6) is 0.716. The topological polar surface area (TPSA) is 46.3 Å². The molecule has 3 aromatic rings. The fraction of sp³-hybridized carbons (Fsp3) is 0.188. The lowest BCUT2D eigenvalue weighted by Crippen LogP contribution is -2.28. The van der Waals surface area contributed by atoms with E-state index in [4.69, 9.17) is 23.2 Å². The molecule has 0 amide bonds. The fourth-order valence-electron chi connectivity index (χ4n) is 2.20. The molecule has 2 aromatic carbocycles. The van der Waals surface area contributed by atoms with Crippen molar-refractivity contribution in [2.75, 3.05) is 20.6 Å². The number of para-hydroxylation sites is 1. The van der Waals surface area contributed by atoms with Crippen LogP contribution in [0.3, 0.4) is 0 Å².